The molecule has 0 spiro atoms. The molecular weight excluding hydrogens is 272 g/mol. The summed E-state index contributed by atoms with van der Waals surface area (Å²) >= 11 is 3.33. The van der Waals surface area contributed by atoms with Crippen LogP contribution in [0.15, 0.2) is 28.7 Å². The molecule has 5 heteroatoms. The van der Waals surface area contributed by atoms with E-state index in [1.165, 1.54) is 0 Å². The molecule has 4 nitrogen and oxygen atoms in total. The number of amides is 1. The summed E-state index contributed by atoms with van der Waals surface area (Å²) in [6.07, 6.45) is -0.521. The van der Waals surface area contributed by atoms with E-state index < -0.39 is 6.10 Å². The van der Waals surface area contributed by atoms with Gasteiger partial charge in [-0.05, 0) is 31.2 Å². The Morgan fingerprint density at radius 2 is 2.12 bits per heavy atom. The van der Waals surface area contributed by atoms with Crippen molar-refractivity contribution in [3.63, 3.8) is 0 Å². The first-order chi connectivity index (χ1) is 7.63. The third-order valence-corrected chi connectivity index (χ3v) is 2.47. The Morgan fingerprint density at radius 3 is 2.69 bits per heavy atom. The van der Waals surface area contributed by atoms with Gasteiger partial charge in [0.1, 0.15) is 5.75 Å². The maximum atomic E-state index is 11.5. The van der Waals surface area contributed by atoms with Gasteiger partial charge in [0.25, 0.3) is 5.91 Å². The van der Waals surface area contributed by atoms with E-state index in [0.717, 1.165) is 4.47 Å². The summed E-state index contributed by atoms with van der Waals surface area (Å²) in [5.74, 6) is 0.506. The van der Waals surface area contributed by atoms with Crippen molar-refractivity contribution >= 4 is 21.8 Å². The number of carbonyl (C=O) groups excluding carboxylic acids is 1. The van der Waals surface area contributed by atoms with Crippen LogP contribution in [0.25, 0.3) is 0 Å². The highest BCUT2D eigenvalue weighted by atomic mass is 79.9. The molecule has 0 aliphatic heterocycles. The van der Waals surface area contributed by atoms with Gasteiger partial charge in [0.2, 0.25) is 0 Å². The quantitative estimate of drug-likeness (QED) is 0.857. The highest BCUT2D eigenvalue weighted by Gasteiger charge is 2.13. The summed E-state index contributed by atoms with van der Waals surface area (Å²) in [6.45, 7) is 2.59. The molecule has 0 aromatic heterocycles. The summed E-state index contributed by atoms with van der Waals surface area (Å²) in [5, 5.41) is 2.67. The number of nitrogens with one attached hydrogen (secondary N) is 1. The standard InChI is InChI=1S/C11H15BrN2O2/c1-8(11(15)14-7-6-13)16-10-4-2-9(12)3-5-10/h2-5,8H,6-7,13H2,1H3,(H,14,15). The minimum absolute atomic E-state index is 0.159. The lowest BCUT2D eigenvalue weighted by Crippen LogP contribution is -2.38. The van der Waals surface area contributed by atoms with Crippen molar-refractivity contribution in [3.8, 4) is 5.75 Å². The van der Waals surface area contributed by atoms with Crippen LogP contribution in [0.1, 0.15) is 6.92 Å². The number of rotatable bonds is 5. The summed E-state index contributed by atoms with van der Waals surface area (Å²) in [5.41, 5.74) is 5.29. The Bertz CT molecular complexity index is 340. The fourth-order valence-electron chi connectivity index (χ4n) is 1.11. The molecule has 1 amide bonds. The maximum Gasteiger partial charge on any atom is 0.260 e. The van der Waals surface area contributed by atoms with Gasteiger partial charge < -0.3 is 15.8 Å². The van der Waals surface area contributed by atoms with Gasteiger partial charge >= 0.3 is 0 Å². The van der Waals surface area contributed by atoms with Crippen molar-refractivity contribution in [2.45, 2.75) is 13.0 Å². The average molecular weight is 287 g/mol. The highest BCUT2D eigenvalue weighted by molar-refractivity contribution is 9.10. The summed E-state index contributed by atoms with van der Waals surface area (Å²) in [7, 11) is 0. The second-order valence-electron chi connectivity index (χ2n) is 3.29. The highest BCUT2D eigenvalue weighted by Crippen LogP contribution is 2.17. The Kier molecular flexibility index (Phi) is 5.28. The molecule has 16 heavy (non-hydrogen) atoms. The first-order valence-electron chi connectivity index (χ1n) is 5.03. The van der Waals surface area contributed by atoms with Crippen molar-refractivity contribution in [1.82, 2.24) is 5.32 Å². The average Bonchev–Trinajstić information content (AvgIpc) is 2.29. The molecule has 0 heterocycles. The van der Waals surface area contributed by atoms with Gasteiger partial charge in [-0.1, -0.05) is 15.9 Å². The Hall–Kier alpha value is -1.07. The van der Waals surface area contributed by atoms with Gasteiger partial charge in [-0.2, -0.15) is 0 Å². The van der Waals surface area contributed by atoms with Gasteiger partial charge in [-0.3, -0.25) is 4.79 Å². The van der Waals surface area contributed by atoms with Gasteiger partial charge in [-0.25, -0.2) is 0 Å². The maximum absolute atomic E-state index is 11.5. The lowest BCUT2D eigenvalue weighted by Gasteiger charge is -2.14. The Labute approximate surface area is 103 Å². The Morgan fingerprint density at radius 1 is 1.50 bits per heavy atom. The van der Waals surface area contributed by atoms with E-state index in [1.54, 1.807) is 19.1 Å². The lowest BCUT2D eigenvalue weighted by molar-refractivity contribution is -0.127. The van der Waals surface area contributed by atoms with Crippen LogP contribution in [0.4, 0.5) is 0 Å². The summed E-state index contributed by atoms with van der Waals surface area (Å²) in [6, 6.07) is 7.33. The zero-order valence-electron chi connectivity index (χ0n) is 9.07. The van der Waals surface area contributed by atoms with Gasteiger partial charge in [-0.15, -0.1) is 0 Å². The number of hydrogen-bond acceptors (Lipinski definition) is 3. The fraction of sp³-hybridized carbons (Fsp3) is 0.364. The van der Waals surface area contributed by atoms with E-state index in [2.05, 4.69) is 21.2 Å². The number of benzene rings is 1. The fourth-order valence-corrected chi connectivity index (χ4v) is 1.37. The van der Waals surface area contributed by atoms with Crippen molar-refractivity contribution in [2.75, 3.05) is 13.1 Å². The van der Waals surface area contributed by atoms with E-state index in [4.69, 9.17) is 10.5 Å². The number of halogens is 1. The molecule has 3 N–H and O–H groups in total. The van der Waals surface area contributed by atoms with Crippen LogP contribution >= 0.6 is 15.9 Å². The van der Waals surface area contributed by atoms with Gasteiger partial charge in [0.05, 0.1) is 0 Å². The molecule has 1 aromatic rings. The third-order valence-electron chi connectivity index (χ3n) is 1.94. The molecule has 0 fully saturated rings. The molecule has 88 valence electrons. The number of ether oxygens (including phenoxy) is 1. The van der Waals surface area contributed by atoms with Crippen LogP contribution < -0.4 is 15.8 Å². The normalized spacial score (nSPS) is 11.9. The molecule has 1 unspecified atom stereocenters. The number of hydrogen-bond donors (Lipinski definition) is 2. The predicted molar refractivity (Wildman–Crippen MR) is 66.3 cm³/mol. The van der Waals surface area contributed by atoms with Crippen LogP contribution in [0, 0.1) is 0 Å². The largest absolute Gasteiger partial charge is 0.481 e. The first kappa shape index (κ1) is 13.0. The molecule has 1 atom stereocenters. The van der Waals surface area contributed by atoms with Crippen molar-refractivity contribution in [3.05, 3.63) is 28.7 Å². The van der Waals surface area contributed by atoms with E-state index in [1.807, 2.05) is 12.1 Å². The van der Waals surface area contributed by atoms with Crippen LogP contribution in [0.5, 0.6) is 5.75 Å². The summed E-state index contributed by atoms with van der Waals surface area (Å²) < 4.78 is 6.43. The second-order valence-corrected chi connectivity index (χ2v) is 4.21. The van der Waals surface area contributed by atoms with E-state index in [0.29, 0.717) is 18.8 Å². The Balaban J connectivity index is 2.47. The van der Waals surface area contributed by atoms with Crippen molar-refractivity contribution in [1.29, 1.82) is 0 Å². The third kappa shape index (κ3) is 4.20. The molecule has 0 radical (unpaired) electrons. The number of nitrogens with two attached hydrogens (primary N) is 1. The second kappa shape index (κ2) is 6.50. The molecule has 1 rings (SSSR count). The zero-order chi connectivity index (χ0) is 12.0. The predicted octanol–water partition coefficient (Wildman–Crippen LogP) is 1.29. The molecule has 0 saturated carbocycles. The molecule has 0 aliphatic rings. The van der Waals surface area contributed by atoms with Gasteiger partial charge in [0, 0.05) is 17.6 Å². The molecule has 0 bridgehead atoms. The van der Waals surface area contributed by atoms with Crippen LogP contribution in [0.3, 0.4) is 0 Å². The molecular formula is C11H15BrN2O2. The van der Waals surface area contributed by atoms with Crippen molar-refractivity contribution in [2.24, 2.45) is 5.73 Å². The number of carbonyl (C=O) groups is 1. The minimum Gasteiger partial charge on any atom is -0.481 e. The monoisotopic (exact) mass is 286 g/mol. The smallest absolute Gasteiger partial charge is 0.260 e. The minimum atomic E-state index is -0.521. The first-order valence-corrected chi connectivity index (χ1v) is 5.83. The molecule has 0 saturated heterocycles. The van der Waals surface area contributed by atoms with E-state index in [9.17, 15) is 4.79 Å². The van der Waals surface area contributed by atoms with Crippen LogP contribution in [0.2, 0.25) is 0 Å². The lowest BCUT2D eigenvalue weighted by atomic mass is 10.3. The van der Waals surface area contributed by atoms with Crippen LogP contribution in [-0.2, 0) is 4.79 Å². The van der Waals surface area contributed by atoms with Crippen LogP contribution in [-0.4, -0.2) is 25.1 Å². The zero-order valence-corrected chi connectivity index (χ0v) is 10.7. The molecule has 1 aromatic carbocycles. The summed E-state index contributed by atoms with van der Waals surface area (Å²) in [4.78, 5) is 11.5. The van der Waals surface area contributed by atoms with Gasteiger partial charge in [0.15, 0.2) is 6.10 Å². The molecule has 0 aliphatic carbocycles. The SMILES string of the molecule is CC(Oc1ccc(Br)cc1)C(=O)NCCN. The topological polar surface area (TPSA) is 64.3 Å². The van der Waals surface area contributed by atoms with E-state index in [-0.39, 0.29) is 5.91 Å². The van der Waals surface area contributed by atoms with Crippen molar-refractivity contribution < 1.29 is 9.53 Å². The van der Waals surface area contributed by atoms with E-state index >= 15 is 0 Å².